The molecule has 130 valence electrons. The van der Waals surface area contributed by atoms with Crippen molar-refractivity contribution in [3.8, 4) is 0 Å². The van der Waals surface area contributed by atoms with Crippen LogP contribution in [0.25, 0.3) is 0 Å². The van der Waals surface area contributed by atoms with Crippen molar-refractivity contribution >= 4 is 17.8 Å². The van der Waals surface area contributed by atoms with Gasteiger partial charge in [-0.3, -0.25) is 9.59 Å². The van der Waals surface area contributed by atoms with Crippen molar-refractivity contribution in [2.45, 2.75) is 39.2 Å². The highest BCUT2D eigenvalue weighted by molar-refractivity contribution is 6.08. The maximum absolute atomic E-state index is 12.9. The maximum Gasteiger partial charge on any atom is 0.238 e. The molecule has 0 aromatic carbocycles. The average molecular weight is 331 g/mol. The molecule has 2 fully saturated rings. The number of piperazine rings is 1. The fourth-order valence-electron chi connectivity index (χ4n) is 2.99. The summed E-state index contributed by atoms with van der Waals surface area (Å²) in [5, 5.41) is 2.97. The molecule has 0 radical (unpaired) electrons. The van der Waals surface area contributed by atoms with Gasteiger partial charge in [-0.2, -0.15) is 0 Å². The number of carbonyl (C=O) groups is 2. The van der Waals surface area contributed by atoms with Crippen LogP contribution in [0.5, 0.6) is 0 Å². The van der Waals surface area contributed by atoms with Crippen LogP contribution >= 0.6 is 0 Å². The smallest absolute Gasteiger partial charge is 0.238 e. The molecule has 0 spiro atoms. The summed E-state index contributed by atoms with van der Waals surface area (Å²) in [4.78, 5) is 37.7. The van der Waals surface area contributed by atoms with Crippen molar-refractivity contribution in [2.24, 2.45) is 5.41 Å². The number of nitrogens with zero attached hydrogens (tertiary/aromatic N) is 4. The number of nitrogens with one attached hydrogen (secondary N) is 1. The lowest BCUT2D eigenvalue weighted by atomic mass is 10.0. The molecule has 1 saturated heterocycles. The Labute approximate surface area is 142 Å². The van der Waals surface area contributed by atoms with Gasteiger partial charge in [-0.15, -0.1) is 0 Å². The first-order valence-corrected chi connectivity index (χ1v) is 8.69. The molecule has 0 bridgehead atoms. The van der Waals surface area contributed by atoms with Crippen LogP contribution in [0.15, 0.2) is 18.5 Å². The second-order valence-electron chi connectivity index (χ2n) is 6.69. The zero-order valence-corrected chi connectivity index (χ0v) is 14.4. The minimum absolute atomic E-state index is 0.0167. The van der Waals surface area contributed by atoms with Crippen LogP contribution in [-0.2, 0) is 9.59 Å². The summed E-state index contributed by atoms with van der Waals surface area (Å²) < 4.78 is 0. The van der Waals surface area contributed by atoms with Crippen LogP contribution in [0, 0.1) is 5.41 Å². The van der Waals surface area contributed by atoms with Gasteiger partial charge in [0.05, 0.1) is 0 Å². The first-order valence-electron chi connectivity index (χ1n) is 8.69. The number of hydrogen-bond donors (Lipinski definition) is 1. The number of rotatable bonds is 5. The van der Waals surface area contributed by atoms with E-state index in [1.165, 1.54) is 0 Å². The molecule has 1 aromatic heterocycles. The summed E-state index contributed by atoms with van der Waals surface area (Å²) in [7, 11) is 0. The third-order valence-electron chi connectivity index (χ3n) is 4.99. The standard InChI is InChI=1S/C17H25N5O2/c1-3-13(2)20-14(23)17(5-6-17)15(24)21-9-11-22(12-10-21)16-18-7-4-8-19-16/h4,7-8,13H,3,5-6,9-12H2,1-2H3,(H,20,23). The molecule has 1 N–H and O–H groups in total. The molecule has 2 aliphatic rings. The third kappa shape index (κ3) is 3.20. The van der Waals surface area contributed by atoms with Gasteiger partial charge in [-0.05, 0) is 32.3 Å². The van der Waals surface area contributed by atoms with Crippen LogP contribution in [-0.4, -0.2) is 58.9 Å². The second kappa shape index (κ2) is 6.75. The largest absolute Gasteiger partial charge is 0.353 e. The normalized spacial score (nSPS) is 20.4. The first kappa shape index (κ1) is 16.7. The van der Waals surface area contributed by atoms with Crippen LogP contribution in [0.2, 0.25) is 0 Å². The van der Waals surface area contributed by atoms with E-state index in [0.717, 1.165) is 6.42 Å². The number of amides is 2. The Balaban J connectivity index is 1.58. The monoisotopic (exact) mass is 331 g/mol. The summed E-state index contributed by atoms with van der Waals surface area (Å²) in [6, 6.07) is 1.89. The lowest BCUT2D eigenvalue weighted by molar-refractivity contribution is -0.144. The van der Waals surface area contributed by atoms with E-state index in [1.807, 2.05) is 18.7 Å². The average Bonchev–Trinajstić information content (AvgIpc) is 3.44. The van der Waals surface area contributed by atoms with E-state index in [4.69, 9.17) is 0 Å². The second-order valence-corrected chi connectivity index (χ2v) is 6.69. The van der Waals surface area contributed by atoms with Gasteiger partial charge < -0.3 is 15.1 Å². The highest BCUT2D eigenvalue weighted by Crippen LogP contribution is 2.47. The molecule has 2 heterocycles. The lowest BCUT2D eigenvalue weighted by Gasteiger charge is -2.36. The molecule has 1 aliphatic carbocycles. The Morgan fingerprint density at radius 2 is 1.83 bits per heavy atom. The molecule has 7 heteroatoms. The van der Waals surface area contributed by atoms with Gasteiger partial charge in [0.2, 0.25) is 17.8 Å². The van der Waals surface area contributed by atoms with E-state index in [2.05, 4.69) is 20.2 Å². The molecule has 2 amide bonds. The van der Waals surface area contributed by atoms with Crippen molar-refractivity contribution in [3.63, 3.8) is 0 Å². The van der Waals surface area contributed by atoms with Crippen molar-refractivity contribution in [3.05, 3.63) is 18.5 Å². The molecule has 1 unspecified atom stereocenters. The predicted molar refractivity (Wildman–Crippen MR) is 90.4 cm³/mol. The topological polar surface area (TPSA) is 78.4 Å². The highest BCUT2D eigenvalue weighted by Gasteiger charge is 2.58. The van der Waals surface area contributed by atoms with Gasteiger partial charge in [0.25, 0.3) is 0 Å². The molecule has 3 rings (SSSR count). The van der Waals surface area contributed by atoms with E-state index >= 15 is 0 Å². The molecular formula is C17H25N5O2. The quantitative estimate of drug-likeness (QED) is 0.808. The summed E-state index contributed by atoms with van der Waals surface area (Å²) in [6.07, 6.45) is 5.63. The summed E-state index contributed by atoms with van der Waals surface area (Å²) in [6.45, 7) is 6.59. The minimum Gasteiger partial charge on any atom is -0.353 e. The third-order valence-corrected chi connectivity index (χ3v) is 4.99. The van der Waals surface area contributed by atoms with E-state index in [1.54, 1.807) is 18.5 Å². The van der Waals surface area contributed by atoms with E-state index in [9.17, 15) is 9.59 Å². The Kier molecular flexibility index (Phi) is 4.69. The Morgan fingerprint density at radius 3 is 2.38 bits per heavy atom. The van der Waals surface area contributed by atoms with E-state index in [0.29, 0.717) is 45.0 Å². The van der Waals surface area contributed by atoms with Crippen molar-refractivity contribution in [1.29, 1.82) is 0 Å². The predicted octanol–water partition coefficient (Wildman–Crippen LogP) is 0.820. The molecule has 7 nitrogen and oxygen atoms in total. The summed E-state index contributed by atoms with van der Waals surface area (Å²) in [5.74, 6) is 0.577. The van der Waals surface area contributed by atoms with Crippen LogP contribution < -0.4 is 10.2 Å². The number of anilines is 1. The van der Waals surface area contributed by atoms with E-state index < -0.39 is 5.41 Å². The zero-order chi connectivity index (χ0) is 17.2. The Bertz CT molecular complexity index is 594. The lowest BCUT2D eigenvalue weighted by Crippen LogP contribution is -2.54. The molecule has 24 heavy (non-hydrogen) atoms. The maximum atomic E-state index is 12.9. The van der Waals surface area contributed by atoms with Crippen LogP contribution in [0.1, 0.15) is 33.1 Å². The first-order chi connectivity index (χ1) is 11.6. The molecule has 1 aliphatic heterocycles. The summed E-state index contributed by atoms with van der Waals surface area (Å²) >= 11 is 0. The van der Waals surface area contributed by atoms with Crippen LogP contribution in [0.4, 0.5) is 5.95 Å². The van der Waals surface area contributed by atoms with Crippen molar-refractivity contribution < 1.29 is 9.59 Å². The van der Waals surface area contributed by atoms with Gasteiger partial charge in [0, 0.05) is 44.6 Å². The molecule has 1 aromatic rings. The molecule has 1 atom stereocenters. The van der Waals surface area contributed by atoms with Gasteiger partial charge in [0.1, 0.15) is 5.41 Å². The SMILES string of the molecule is CCC(C)NC(=O)C1(C(=O)N2CCN(c3ncccn3)CC2)CC1. The fraction of sp³-hybridized carbons (Fsp3) is 0.647. The zero-order valence-electron chi connectivity index (χ0n) is 14.4. The molecule has 1 saturated carbocycles. The highest BCUT2D eigenvalue weighted by atomic mass is 16.2. The number of carbonyl (C=O) groups excluding carboxylic acids is 2. The van der Waals surface area contributed by atoms with Crippen molar-refractivity contribution in [1.82, 2.24) is 20.2 Å². The van der Waals surface area contributed by atoms with Gasteiger partial charge in [-0.25, -0.2) is 9.97 Å². The van der Waals surface area contributed by atoms with Gasteiger partial charge >= 0.3 is 0 Å². The minimum atomic E-state index is -0.811. The molecular weight excluding hydrogens is 306 g/mol. The number of aromatic nitrogens is 2. The van der Waals surface area contributed by atoms with Gasteiger partial charge in [-0.1, -0.05) is 6.92 Å². The van der Waals surface area contributed by atoms with Gasteiger partial charge in [0.15, 0.2) is 0 Å². The number of hydrogen-bond acceptors (Lipinski definition) is 5. The summed E-state index contributed by atoms with van der Waals surface area (Å²) in [5.41, 5.74) is -0.811. The Morgan fingerprint density at radius 1 is 1.21 bits per heavy atom. The fourth-order valence-corrected chi connectivity index (χ4v) is 2.99. The van der Waals surface area contributed by atoms with E-state index in [-0.39, 0.29) is 17.9 Å². The Hall–Kier alpha value is -2.18. The van der Waals surface area contributed by atoms with Crippen LogP contribution in [0.3, 0.4) is 0 Å². The van der Waals surface area contributed by atoms with Crippen molar-refractivity contribution in [2.75, 3.05) is 31.1 Å².